The number of aromatic nitrogens is 1. The zero-order valence-electron chi connectivity index (χ0n) is 9.62. The lowest BCUT2D eigenvalue weighted by Crippen LogP contribution is -1.95. The van der Waals surface area contributed by atoms with E-state index in [1.54, 1.807) is 6.07 Å². The zero-order chi connectivity index (χ0) is 13.1. The number of nitrogens with zero attached hydrogens (tertiary/aromatic N) is 2. The maximum atomic E-state index is 10.7. The smallest absolute Gasteiger partial charge is 0.273 e. The molecule has 0 aliphatic heterocycles. The average Bonchev–Trinajstić information content (AvgIpc) is 2.86. The second-order valence-electron chi connectivity index (χ2n) is 3.46. The molecule has 1 heterocycles. The Labute approximate surface area is 102 Å². The van der Waals surface area contributed by atoms with Crippen LogP contribution in [0, 0.1) is 10.1 Å². The predicted octanol–water partition coefficient (Wildman–Crippen LogP) is 1.72. The summed E-state index contributed by atoms with van der Waals surface area (Å²) < 4.78 is 10.5. The minimum atomic E-state index is -0.488. The van der Waals surface area contributed by atoms with Crippen molar-refractivity contribution < 1.29 is 14.1 Å². The number of nitro benzene ring substituents is 1. The molecule has 0 bridgehead atoms. The van der Waals surface area contributed by atoms with Crippen molar-refractivity contribution in [2.24, 2.45) is 5.73 Å². The van der Waals surface area contributed by atoms with E-state index >= 15 is 0 Å². The monoisotopic (exact) mass is 249 g/mol. The summed E-state index contributed by atoms with van der Waals surface area (Å²) in [4.78, 5) is 14.1. The summed E-state index contributed by atoms with van der Waals surface area (Å²) >= 11 is 0. The Hall–Kier alpha value is -2.41. The highest BCUT2D eigenvalue weighted by Crippen LogP contribution is 2.33. The van der Waals surface area contributed by atoms with Gasteiger partial charge in [0.1, 0.15) is 5.75 Å². The van der Waals surface area contributed by atoms with E-state index in [0.29, 0.717) is 23.0 Å². The summed E-state index contributed by atoms with van der Waals surface area (Å²) in [6.07, 6.45) is 1.51. The molecule has 0 radical (unpaired) electrons. The summed E-state index contributed by atoms with van der Waals surface area (Å²) in [5.74, 6) is 1.21. The van der Waals surface area contributed by atoms with E-state index in [4.69, 9.17) is 14.9 Å². The molecule has 2 N–H and O–H groups in total. The lowest BCUT2D eigenvalue weighted by Gasteiger charge is -2.05. The number of oxazole rings is 1. The van der Waals surface area contributed by atoms with E-state index in [1.165, 1.54) is 25.4 Å². The van der Waals surface area contributed by atoms with Crippen LogP contribution in [-0.2, 0) is 6.54 Å². The molecule has 0 saturated heterocycles. The Morgan fingerprint density at radius 1 is 1.56 bits per heavy atom. The SMILES string of the molecule is COc1cc([N+](=O)[O-])ccc1-c1cnc(CN)o1. The number of rotatable bonds is 4. The van der Waals surface area contributed by atoms with Crippen LogP contribution in [0.5, 0.6) is 5.75 Å². The van der Waals surface area contributed by atoms with Crippen molar-refractivity contribution >= 4 is 5.69 Å². The Kier molecular flexibility index (Phi) is 3.24. The van der Waals surface area contributed by atoms with Crippen LogP contribution in [0.2, 0.25) is 0 Å². The fraction of sp³-hybridized carbons (Fsp3) is 0.182. The van der Waals surface area contributed by atoms with Gasteiger partial charge >= 0.3 is 0 Å². The summed E-state index contributed by atoms with van der Waals surface area (Å²) in [5.41, 5.74) is 5.94. The fourth-order valence-electron chi connectivity index (χ4n) is 1.53. The van der Waals surface area contributed by atoms with Crippen molar-refractivity contribution in [2.45, 2.75) is 6.54 Å². The molecule has 7 heteroatoms. The number of nitrogens with two attached hydrogens (primary N) is 1. The van der Waals surface area contributed by atoms with Gasteiger partial charge in [-0.15, -0.1) is 0 Å². The number of benzene rings is 1. The maximum absolute atomic E-state index is 10.7. The number of nitro groups is 1. The van der Waals surface area contributed by atoms with E-state index in [-0.39, 0.29) is 12.2 Å². The number of non-ortho nitro benzene ring substituents is 1. The van der Waals surface area contributed by atoms with Crippen LogP contribution in [0.25, 0.3) is 11.3 Å². The first-order valence-corrected chi connectivity index (χ1v) is 5.13. The van der Waals surface area contributed by atoms with E-state index in [0.717, 1.165) is 0 Å². The van der Waals surface area contributed by atoms with Gasteiger partial charge in [-0.25, -0.2) is 4.98 Å². The van der Waals surface area contributed by atoms with Crippen LogP contribution in [0.3, 0.4) is 0 Å². The summed E-state index contributed by atoms with van der Waals surface area (Å²) in [6, 6.07) is 4.26. The van der Waals surface area contributed by atoms with Crippen LogP contribution in [0.4, 0.5) is 5.69 Å². The minimum absolute atomic E-state index is 0.0471. The Morgan fingerprint density at radius 3 is 2.89 bits per heavy atom. The fourth-order valence-corrected chi connectivity index (χ4v) is 1.53. The van der Waals surface area contributed by atoms with E-state index in [2.05, 4.69) is 4.98 Å². The van der Waals surface area contributed by atoms with Gasteiger partial charge in [0.25, 0.3) is 5.69 Å². The Bertz CT molecular complexity index is 579. The van der Waals surface area contributed by atoms with Gasteiger partial charge in [-0.1, -0.05) is 0 Å². The molecule has 0 unspecified atom stereocenters. The summed E-state index contributed by atoms with van der Waals surface area (Å²) in [6.45, 7) is 0.190. The largest absolute Gasteiger partial charge is 0.496 e. The summed E-state index contributed by atoms with van der Waals surface area (Å²) in [5, 5.41) is 10.7. The molecule has 7 nitrogen and oxygen atoms in total. The molecular formula is C11H11N3O4. The van der Waals surface area contributed by atoms with Crippen molar-refractivity contribution in [3.8, 4) is 17.1 Å². The summed E-state index contributed by atoms with van der Waals surface area (Å²) in [7, 11) is 1.43. The molecule has 0 aliphatic rings. The van der Waals surface area contributed by atoms with Crippen LogP contribution in [-0.4, -0.2) is 17.0 Å². The molecule has 0 fully saturated rings. The topological polar surface area (TPSA) is 104 Å². The standard InChI is InChI=1S/C11H11N3O4/c1-17-9-4-7(14(15)16)2-3-8(9)10-6-13-11(5-12)18-10/h2-4,6H,5,12H2,1H3. The molecule has 0 spiro atoms. The zero-order valence-corrected chi connectivity index (χ0v) is 9.62. The maximum Gasteiger partial charge on any atom is 0.273 e. The lowest BCUT2D eigenvalue weighted by molar-refractivity contribution is -0.384. The average molecular weight is 249 g/mol. The minimum Gasteiger partial charge on any atom is -0.496 e. The van der Waals surface area contributed by atoms with E-state index in [1.807, 2.05) is 0 Å². The Balaban J connectivity index is 2.47. The second kappa shape index (κ2) is 4.84. The molecule has 0 saturated carbocycles. The van der Waals surface area contributed by atoms with E-state index in [9.17, 15) is 10.1 Å². The van der Waals surface area contributed by atoms with Crippen LogP contribution in [0.1, 0.15) is 5.89 Å². The van der Waals surface area contributed by atoms with Gasteiger partial charge < -0.3 is 14.9 Å². The third kappa shape index (κ3) is 2.16. The van der Waals surface area contributed by atoms with Crippen molar-refractivity contribution in [3.63, 3.8) is 0 Å². The third-order valence-corrected chi connectivity index (χ3v) is 2.39. The lowest BCUT2D eigenvalue weighted by atomic mass is 10.1. The van der Waals surface area contributed by atoms with Crippen molar-refractivity contribution in [3.05, 3.63) is 40.4 Å². The second-order valence-corrected chi connectivity index (χ2v) is 3.46. The van der Waals surface area contributed by atoms with Gasteiger partial charge in [0, 0.05) is 6.07 Å². The molecule has 2 aromatic rings. The highest BCUT2D eigenvalue weighted by Gasteiger charge is 2.15. The molecule has 0 amide bonds. The van der Waals surface area contributed by atoms with Crippen molar-refractivity contribution in [1.82, 2.24) is 4.98 Å². The van der Waals surface area contributed by atoms with Crippen LogP contribution in [0.15, 0.2) is 28.8 Å². The molecule has 2 rings (SSSR count). The van der Waals surface area contributed by atoms with Gasteiger partial charge in [0.15, 0.2) is 5.76 Å². The van der Waals surface area contributed by atoms with E-state index < -0.39 is 4.92 Å². The highest BCUT2D eigenvalue weighted by molar-refractivity contribution is 5.67. The number of methoxy groups -OCH3 is 1. The highest BCUT2D eigenvalue weighted by atomic mass is 16.6. The Morgan fingerprint density at radius 2 is 2.33 bits per heavy atom. The van der Waals surface area contributed by atoms with Crippen molar-refractivity contribution in [2.75, 3.05) is 7.11 Å². The van der Waals surface area contributed by atoms with Gasteiger partial charge in [0.2, 0.25) is 5.89 Å². The quantitative estimate of drug-likeness (QED) is 0.653. The van der Waals surface area contributed by atoms with Crippen molar-refractivity contribution in [1.29, 1.82) is 0 Å². The molecule has 1 aromatic carbocycles. The molecular weight excluding hydrogens is 238 g/mol. The van der Waals surface area contributed by atoms with Gasteiger partial charge in [0.05, 0.1) is 36.4 Å². The molecule has 94 valence electrons. The normalized spacial score (nSPS) is 10.3. The van der Waals surface area contributed by atoms with Gasteiger partial charge in [-0.05, 0) is 6.07 Å². The first-order chi connectivity index (χ1) is 8.65. The first-order valence-electron chi connectivity index (χ1n) is 5.13. The predicted molar refractivity (Wildman–Crippen MR) is 63.0 cm³/mol. The number of hydrogen-bond acceptors (Lipinski definition) is 6. The van der Waals surface area contributed by atoms with Crippen LogP contribution >= 0.6 is 0 Å². The van der Waals surface area contributed by atoms with Gasteiger partial charge in [-0.3, -0.25) is 10.1 Å². The first kappa shape index (κ1) is 12.1. The molecule has 0 aliphatic carbocycles. The number of hydrogen-bond donors (Lipinski definition) is 1. The van der Waals surface area contributed by atoms with Gasteiger partial charge in [-0.2, -0.15) is 0 Å². The molecule has 18 heavy (non-hydrogen) atoms. The molecule has 0 atom stereocenters. The van der Waals surface area contributed by atoms with Crippen LogP contribution < -0.4 is 10.5 Å². The number of ether oxygens (including phenoxy) is 1. The molecule has 1 aromatic heterocycles. The third-order valence-electron chi connectivity index (χ3n) is 2.39.